The highest BCUT2D eigenvalue weighted by Crippen LogP contribution is 2.26. The summed E-state index contributed by atoms with van der Waals surface area (Å²) in [4.78, 5) is 4.96. The molecule has 2 aliphatic heterocycles. The van der Waals surface area contributed by atoms with Gasteiger partial charge in [0.2, 0.25) is 5.65 Å². The first-order valence-corrected chi connectivity index (χ1v) is 9.50. The molecule has 0 aromatic carbocycles. The van der Waals surface area contributed by atoms with E-state index in [4.69, 9.17) is 4.74 Å². The standard InChI is InChI=1S/C18H28N6O/c1-14(2)16-10-17(18-20-19-13-24(18)21-16)23-8-5-9-25-15(12-23)11-22-6-3-4-7-22/h10,13-15H,3-9,11-12H2,1-2H3. The number of likely N-dealkylation sites (tertiary alicyclic amines) is 1. The molecule has 7 nitrogen and oxygen atoms in total. The van der Waals surface area contributed by atoms with Crippen LogP contribution in [0.25, 0.3) is 5.65 Å². The van der Waals surface area contributed by atoms with Gasteiger partial charge >= 0.3 is 0 Å². The van der Waals surface area contributed by atoms with Crippen LogP contribution in [0.3, 0.4) is 0 Å². The van der Waals surface area contributed by atoms with E-state index in [0.717, 1.165) is 49.7 Å². The quantitative estimate of drug-likeness (QED) is 0.845. The molecule has 2 fully saturated rings. The van der Waals surface area contributed by atoms with Gasteiger partial charge in [0.15, 0.2) is 0 Å². The Balaban J connectivity index is 1.60. The fourth-order valence-corrected chi connectivity index (χ4v) is 3.82. The number of nitrogens with zero attached hydrogens (tertiary/aromatic N) is 6. The molecule has 4 heterocycles. The Kier molecular flexibility index (Phi) is 4.85. The van der Waals surface area contributed by atoms with Gasteiger partial charge in [-0.05, 0) is 44.3 Å². The molecule has 1 atom stereocenters. The Morgan fingerprint density at radius 2 is 2.04 bits per heavy atom. The molecule has 0 N–H and O–H groups in total. The summed E-state index contributed by atoms with van der Waals surface area (Å²) in [5.74, 6) is 0.370. The minimum atomic E-state index is 0.249. The van der Waals surface area contributed by atoms with Crippen LogP contribution in [0.2, 0.25) is 0 Å². The zero-order valence-corrected chi connectivity index (χ0v) is 15.3. The van der Waals surface area contributed by atoms with E-state index in [0.29, 0.717) is 5.92 Å². The molecular formula is C18H28N6O. The van der Waals surface area contributed by atoms with Gasteiger partial charge in [-0.1, -0.05) is 13.8 Å². The average molecular weight is 344 g/mol. The molecular weight excluding hydrogens is 316 g/mol. The molecule has 2 aromatic rings. The Morgan fingerprint density at radius 1 is 1.20 bits per heavy atom. The van der Waals surface area contributed by atoms with Crippen molar-refractivity contribution in [2.24, 2.45) is 0 Å². The molecule has 4 rings (SSSR count). The topological polar surface area (TPSA) is 58.8 Å². The zero-order chi connectivity index (χ0) is 17.2. The Morgan fingerprint density at radius 3 is 2.84 bits per heavy atom. The van der Waals surface area contributed by atoms with E-state index >= 15 is 0 Å². The maximum Gasteiger partial charge on any atom is 0.200 e. The fraction of sp³-hybridized carbons (Fsp3) is 0.722. The lowest BCUT2D eigenvalue weighted by Crippen LogP contribution is -2.39. The van der Waals surface area contributed by atoms with Gasteiger partial charge in [0.25, 0.3) is 0 Å². The number of aromatic nitrogens is 4. The van der Waals surface area contributed by atoms with E-state index in [1.54, 1.807) is 6.33 Å². The lowest BCUT2D eigenvalue weighted by molar-refractivity contribution is 0.0451. The van der Waals surface area contributed by atoms with Crippen LogP contribution in [-0.2, 0) is 4.74 Å². The molecule has 1 unspecified atom stereocenters. The van der Waals surface area contributed by atoms with Crippen molar-refractivity contribution in [2.75, 3.05) is 44.2 Å². The number of anilines is 1. The maximum absolute atomic E-state index is 6.15. The van der Waals surface area contributed by atoms with Gasteiger partial charge < -0.3 is 14.5 Å². The number of ether oxygens (including phenoxy) is 1. The highest BCUT2D eigenvalue weighted by molar-refractivity contribution is 5.68. The van der Waals surface area contributed by atoms with Crippen molar-refractivity contribution < 1.29 is 4.74 Å². The zero-order valence-electron chi connectivity index (χ0n) is 15.3. The molecule has 0 spiro atoms. The molecule has 7 heteroatoms. The Hall–Kier alpha value is -1.73. The fourth-order valence-electron chi connectivity index (χ4n) is 3.82. The van der Waals surface area contributed by atoms with Crippen LogP contribution in [0, 0.1) is 0 Å². The van der Waals surface area contributed by atoms with Crippen molar-refractivity contribution in [3.63, 3.8) is 0 Å². The SMILES string of the molecule is CC(C)c1cc(N2CCCOC(CN3CCCC3)C2)c2nncn2n1. The van der Waals surface area contributed by atoms with Crippen molar-refractivity contribution in [3.8, 4) is 0 Å². The van der Waals surface area contributed by atoms with E-state index < -0.39 is 0 Å². The maximum atomic E-state index is 6.15. The van der Waals surface area contributed by atoms with E-state index in [-0.39, 0.29) is 6.10 Å². The summed E-state index contributed by atoms with van der Waals surface area (Å²) < 4.78 is 7.96. The van der Waals surface area contributed by atoms with Gasteiger partial charge in [0, 0.05) is 26.2 Å². The van der Waals surface area contributed by atoms with Crippen molar-refractivity contribution in [2.45, 2.75) is 45.1 Å². The first-order chi connectivity index (χ1) is 12.2. The van der Waals surface area contributed by atoms with E-state index in [1.807, 2.05) is 4.52 Å². The molecule has 2 aliphatic rings. The number of hydrogen-bond acceptors (Lipinski definition) is 6. The minimum absolute atomic E-state index is 0.249. The van der Waals surface area contributed by atoms with E-state index in [2.05, 4.69) is 45.0 Å². The van der Waals surface area contributed by atoms with E-state index in [1.165, 1.54) is 25.9 Å². The molecule has 0 saturated carbocycles. The molecule has 0 amide bonds. The van der Waals surface area contributed by atoms with Crippen LogP contribution >= 0.6 is 0 Å². The smallest absolute Gasteiger partial charge is 0.200 e. The van der Waals surface area contributed by atoms with Crippen LogP contribution in [-0.4, -0.2) is 70.1 Å². The predicted octanol–water partition coefficient (Wildman–Crippen LogP) is 1.94. The largest absolute Gasteiger partial charge is 0.375 e. The summed E-state index contributed by atoms with van der Waals surface area (Å²) in [6.07, 6.45) is 5.62. The lowest BCUT2D eigenvalue weighted by atomic mass is 10.1. The third-order valence-electron chi connectivity index (χ3n) is 5.21. The number of rotatable bonds is 4. The first kappa shape index (κ1) is 16.7. The molecule has 0 aliphatic carbocycles. The Labute approximate surface area is 149 Å². The van der Waals surface area contributed by atoms with Crippen LogP contribution in [0.1, 0.15) is 44.7 Å². The molecule has 136 valence electrons. The third kappa shape index (κ3) is 3.62. The Bertz CT molecular complexity index is 709. The third-order valence-corrected chi connectivity index (χ3v) is 5.21. The molecule has 2 aromatic heterocycles. The van der Waals surface area contributed by atoms with Crippen molar-refractivity contribution in [1.29, 1.82) is 0 Å². The van der Waals surface area contributed by atoms with Crippen molar-refractivity contribution >= 4 is 11.3 Å². The lowest BCUT2D eigenvalue weighted by Gasteiger charge is -2.28. The number of fused-ring (bicyclic) bond motifs is 1. The monoisotopic (exact) mass is 344 g/mol. The van der Waals surface area contributed by atoms with Crippen molar-refractivity contribution in [1.82, 2.24) is 24.7 Å². The van der Waals surface area contributed by atoms with Crippen LogP contribution in [0.15, 0.2) is 12.4 Å². The normalized spacial score (nSPS) is 22.8. The second-order valence-electron chi connectivity index (χ2n) is 7.51. The summed E-state index contributed by atoms with van der Waals surface area (Å²) in [7, 11) is 0. The van der Waals surface area contributed by atoms with Crippen molar-refractivity contribution in [3.05, 3.63) is 18.1 Å². The molecule has 2 saturated heterocycles. The predicted molar refractivity (Wildman–Crippen MR) is 97.1 cm³/mol. The van der Waals surface area contributed by atoms with Gasteiger partial charge in [-0.3, -0.25) is 0 Å². The van der Waals surface area contributed by atoms with E-state index in [9.17, 15) is 0 Å². The summed E-state index contributed by atoms with van der Waals surface area (Å²) in [6, 6.07) is 2.19. The van der Waals surface area contributed by atoms with Gasteiger partial charge in [-0.25, -0.2) is 0 Å². The van der Waals surface area contributed by atoms with Crippen LogP contribution < -0.4 is 4.90 Å². The van der Waals surface area contributed by atoms with Crippen LogP contribution in [0.5, 0.6) is 0 Å². The molecule has 0 bridgehead atoms. The summed E-state index contributed by atoms with van der Waals surface area (Å²) in [5.41, 5.74) is 3.04. The summed E-state index contributed by atoms with van der Waals surface area (Å²) in [6.45, 7) is 10.5. The highest BCUT2D eigenvalue weighted by Gasteiger charge is 2.25. The number of hydrogen-bond donors (Lipinski definition) is 0. The minimum Gasteiger partial charge on any atom is -0.375 e. The second kappa shape index (κ2) is 7.25. The van der Waals surface area contributed by atoms with Gasteiger partial charge in [-0.2, -0.15) is 9.61 Å². The summed E-state index contributed by atoms with van der Waals surface area (Å²) >= 11 is 0. The molecule has 0 radical (unpaired) electrons. The second-order valence-corrected chi connectivity index (χ2v) is 7.51. The molecule has 25 heavy (non-hydrogen) atoms. The summed E-state index contributed by atoms with van der Waals surface area (Å²) in [5, 5.41) is 13.0. The first-order valence-electron chi connectivity index (χ1n) is 9.50. The van der Waals surface area contributed by atoms with Gasteiger partial charge in [-0.15, -0.1) is 10.2 Å². The highest BCUT2D eigenvalue weighted by atomic mass is 16.5. The average Bonchev–Trinajstić information content (AvgIpc) is 3.22. The van der Waals surface area contributed by atoms with Crippen LogP contribution in [0.4, 0.5) is 5.69 Å². The van der Waals surface area contributed by atoms with Gasteiger partial charge in [0.1, 0.15) is 6.33 Å². The van der Waals surface area contributed by atoms with Gasteiger partial charge in [0.05, 0.1) is 17.5 Å².